The molecule has 2 amide bonds. The van der Waals surface area contributed by atoms with Gasteiger partial charge >= 0.3 is 12.0 Å². The van der Waals surface area contributed by atoms with Gasteiger partial charge in [-0.3, -0.25) is 0 Å². The number of hydrogen-bond donors (Lipinski definition) is 3. The van der Waals surface area contributed by atoms with Gasteiger partial charge in [0.1, 0.15) is 5.54 Å². The second-order valence-corrected chi connectivity index (χ2v) is 5.27. The summed E-state index contributed by atoms with van der Waals surface area (Å²) in [6.45, 7) is 7.36. The van der Waals surface area contributed by atoms with E-state index in [-0.39, 0.29) is 6.04 Å². The van der Waals surface area contributed by atoms with Gasteiger partial charge in [0.25, 0.3) is 0 Å². The van der Waals surface area contributed by atoms with Crippen LogP contribution in [0.1, 0.15) is 50.8 Å². The number of carbonyl (C=O) groups is 2. The molecule has 0 aliphatic rings. The highest BCUT2D eigenvalue weighted by Gasteiger charge is 2.36. The van der Waals surface area contributed by atoms with Gasteiger partial charge in [-0.05, 0) is 37.8 Å². The van der Waals surface area contributed by atoms with Gasteiger partial charge in [0.15, 0.2) is 0 Å². The zero-order valence-electron chi connectivity index (χ0n) is 13.1. The first kappa shape index (κ1) is 17.0. The van der Waals surface area contributed by atoms with Crippen LogP contribution in [0.4, 0.5) is 4.79 Å². The molecule has 0 fully saturated rings. The van der Waals surface area contributed by atoms with Gasteiger partial charge in [-0.1, -0.05) is 38.1 Å². The lowest BCUT2D eigenvalue weighted by molar-refractivity contribution is -0.144. The second-order valence-electron chi connectivity index (χ2n) is 5.27. The van der Waals surface area contributed by atoms with E-state index >= 15 is 0 Å². The zero-order chi connectivity index (χ0) is 16.0. The van der Waals surface area contributed by atoms with Crippen molar-refractivity contribution in [1.82, 2.24) is 10.6 Å². The van der Waals surface area contributed by atoms with Crippen LogP contribution in [0.15, 0.2) is 24.3 Å². The fourth-order valence-electron chi connectivity index (χ4n) is 2.38. The van der Waals surface area contributed by atoms with Crippen molar-refractivity contribution >= 4 is 12.0 Å². The van der Waals surface area contributed by atoms with Crippen molar-refractivity contribution in [2.75, 3.05) is 0 Å². The smallest absolute Gasteiger partial charge is 0.329 e. The fraction of sp³-hybridized carbons (Fsp3) is 0.500. The molecule has 0 saturated carbocycles. The maximum atomic E-state index is 12.1. The standard InChI is InChI=1S/C16H24N2O3/c1-5-16(6-2,14(19)20)18-15(21)17-12(4)13-10-8-7-9-11(13)3/h7-10,12H,5-6H2,1-4H3,(H,19,20)(H2,17,18,21). The molecule has 0 bridgehead atoms. The molecule has 21 heavy (non-hydrogen) atoms. The fourth-order valence-corrected chi connectivity index (χ4v) is 2.38. The minimum absolute atomic E-state index is 0.189. The molecule has 1 rings (SSSR count). The summed E-state index contributed by atoms with van der Waals surface area (Å²) in [6, 6.07) is 7.13. The number of hydrogen-bond acceptors (Lipinski definition) is 2. The summed E-state index contributed by atoms with van der Waals surface area (Å²) in [4.78, 5) is 23.5. The summed E-state index contributed by atoms with van der Waals surface area (Å²) >= 11 is 0. The highest BCUT2D eigenvalue weighted by molar-refractivity contribution is 5.86. The molecule has 5 heteroatoms. The Morgan fingerprint density at radius 1 is 1.24 bits per heavy atom. The molecule has 0 heterocycles. The lowest BCUT2D eigenvalue weighted by Gasteiger charge is -2.29. The lowest BCUT2D eigenvalue weighted by atomic mass is 9.93. The third-order valence-electron chi connectivity index (χ3n) is 3.97. The van der Waals surface area contributed by atoms with Gasteiger partial charge in [0.2, 0.25) is 0 Å². The van der Waals surface area contributed by atoms with Crippen LogP contribution in [0.2, 0.25) is 0 Å². The SMILES string of the molecule is CCC(CC)(NC(=O)NC(C)c1ccccc1C)C(=O)O. The van der Waals surface area contributed by atoms with Gasteiger partial charge in [-0.2, -0.15) is 0 Å². The molecule has 1 aromatic carbocycles. The molecule has 3 N–H and O–H groups in total. The number of carboxylic acid groups (broad SMARTS) is 1. The molecule has 1 unspecified atom stereocenters. The van der Waals surface area contributed by atoms with Gasteiger partial charge < -0.3 is 15.7 Å². The van der Waals surface area contributed by atoms with Crippen molar-refractivity contribution < 1.29 is 14.7 Å². The number of amides is 2. The maximum absolute atomic E-state index is 12.1. The normalized spacial score (nSPS) is 12.6. The van der Waals surface area contributed by atoms with E-state index in [1.807, 2.05) is 38.1 Å². The highest BCUT2D eigenvalue weighted by atomic mass is 16.4. The number of carbonyl (C=O) groups excluding carboxylic acids is 1. The van der Waals surface area contributed by atoms with Gasteiger partial charge in [-0.15, -0.1) is 0 Å². The Kier molecular flexibility index (Phi) is 5.76. The summed E-state index contributed by atoms with van der Waals surface area (Å²) in [5, 5.41) is 14.7. The predicted molar refractivity (Wildman–Crippen MR) is 82.2 cm³/mol. The summed E-state index contributed by atoms with van der Waals surface area (Å²) in [5.74, 6) is -1.01. The Bertz CT molecular complexity index is 510. The Labute approximate surface area is 125 Å². The molecule has 0 saturated heterocycles. The first-order valence-corrected chi connectivity index (χ1v) is 7.24. The van der Waals surface area contributed by atoms with Crippen molar-refractivity contribution in [3.8, 4) is 0 Å². The van der Waals surface area contributed by atoms with Crippen LogP contribution in [0.25, 0.3) is 0 Å². The van der Waals surface area contributed by atoms with E-state index < -0.39 is 17.5 Å². The summed E-state index contributed by atoms with van der Waals surface area (Å²) < 4.78 is 0. The van der Waals surface area contributed by atoms with E-state index in [0.29, 0.717) is 12.8 Å². The molecule has 5 nitrogen and oxygen atoms in total. The van der Waals surface area contributed by atoms with Crippen molar-refractivity contribution in [2.24, 2.45) is 0 Å². The van der Waals surface area contributed by atoms with Gasteiger partial charge in [0, 0.05) is 0 Å². The van der Waals surface area contributed by atoms with Gasteiger partial charge in [0.05, 0.1) is 6.04 Å². The largest absolute Gasteiger partial charge is 0.480 e. The minimum Gasteiger partial charge on any atom is -0.480 e. The van der Waals surface area contributed by atoms with E-state index in [1.54, 1.807) is 13.8 Å². The average molecular weight is 292 g/mol. The summed E-state index contributed by atoms with van der Waals surface area (Å²) in [7, 11) is 0. The first-order chi connectivity index (χ1) is 9.86. The van der Waals surface area contributed by atoms with Crippen LogP contribution in [0, 0.1) is 6.92 Å². The maximum Gasteiger partial charge on any atom is 0.329 e. The van der Waals surface area contributed by atoms with Crippen LogP contribution < -0.4 is 10.6 Å². The van der Waals surface area contributed by atoms with Gasteiger partial charge in [-0.25, -0.2) is 9.59 Å². The Balaban J connectivity index is 2.77. The summed E-state index contributed by atoms with van der Waals surface area (Å²) in [6.07, 6.45) is 0.677. The molecule has 1 aromatic rings. The molecular weight excluding hydrogens is 268 g/mol. The number of benzene rings is 1. The van der Waals surface area contributed by atoms with Crippen LogP contribution in [0.3, 0.4) is 0 Å². The van der Waals surface area contributed by atoms with Crippen LogP contribution >= 0.6 is 0 Å². The van der Waals surface area contributed by atoms with Crippen molar-refractivity contribution in [3.05, 3.63) is 35.4 Å². The summed E-state index contributed by atoms with van der Waals surface area (Å²) in [5.41, 5.74) is 0.887. The third kappa shape index (κ3) is 3.97. The minimum atomic E-state index is -1.21. The monoisotopic (exact) mass is 292 g/mol. The van der Waals surface area contributed by atoms with E-state index in [0.717, 1.165) is 11.1 Å². The number of aliphatic carboxylic acids is 1. The Morgan fingerprint density at radius 2 is 1.81 bits per heavy atom. The third-order valence-corrected chi connectivity index (χ3v) is 3.97. The number of carboxylic acids is 1. The number of nitrogens with one attached hydrogen (secondary N) is 2. The van der Waals surface area contributed by atoms with Crippen molar-refractivity contribution in [1.29, 1.82) is 0 Å². The first-order valence-electron chi connectivity index (χ1n) is 7.24. The van der Waals surface area contributed by atoms with Crippen molar-refractivity contribution in [3.63, 3.8) is 0 Å². The molecular formula is C16H24N2O3. The number of urea groups is 1. The molecule has 1 atom stereocenters. The van der Waals surface area contributed by atoms with E-state index in [2.05, 4.69) is 10.6 Å². The van der Waals surface area contributed by atoms with Crippen LogP contribution in [-0.2, 0) is 4.79 Å². The average Bonchev–Trinajstić information content (AvgIpc) is 2.44. The molecule has 0 aliphatic carbocycles. The molecule has 116 valence electrons. The second kappa shape index (κ2) is 7.11. The van der Waals surface area contributed by atoms with Crippen molar-refractivity contribution in [2.45, 2.75) is 52.1 Å². The Hall–Kier alpha value is -2.04. The molecule has 0 spiro atoms. The topological polar surface area (TPSA) is 78.4 Å². The number of aryl methyl sites for hydroxylation is 1. The molecule has 0 aromatic heterocycles. The molecule has 0 radical (unpaired) electrons. The van der Waals surface area contributed by atoms with E-state index in [9.17, 15) is 14.7 Å². The molecule has 0 aliphatic heterocycles. The lowest BCUT2D eigenvalue weighted by Crippen LogP contribution is -2.56. The predicted octanol–water partition coefficient (Wildman–Crippen LogP) is 3.00. The van der Waals surface area contributed by atoms with Crippen LogP contribution in [0.5, 0.6) is 0 Å². The quantitative estimate of drug-likeness (QED) is 0.754. The van der Waals surface area contributed by atoms with Crippen LogP contribution in [-0.4, -0.2) is 22.6 Å². The van der Waals surface area contributed by atoms with E-state index in [1.165, 1.54) is 0 Å². The van der Waals surface area contributed by atoms with E-state index in [4.69, 9.17) is 0 Å². The Morgan fingerprint density at radius 3 is 2.29 bits per heavy atom. The highest BCUT2D eigenvalue weighted by Crippen LogP contribution is 2.18. The zero-order valence-corrected chi connectivity index (χ0v) is 13.1. The number of rotatable bonds is 6.